The Hall–Kier alpha value is -0.580. The molecule has 16 heavy (non-hydrogen) atoms. The van der Waals surface area contributed by atoms with Crippen molar-refractivity contribution < 1.29 is 15.0 Å². The van der Waals surface area contributed by atoms with E-state index in [4.69, 9.17) is 16.7 Å². The molecule has 1 rings (SSSR count). The molecule has 0 aliphatic heterocycles. The number of aliphatic carboxylic acids is 1. The molecule has 0 spiro atoms. The van der Waals surface area contributed by atoms with Gasteiger partial charge in [-0.3, -0.25) is 0 Å². The van der Waals surface area contributed by atoms with Crippen LogP contribution in [-0.2, 0) is 11.2 Å². The summed E-state index contributed by atoms with van der Waals surface area (Å²) in [6.45, 7) is 0. The SMILES string of the molecule is O=C(O)C(O)c1ccc(Br)c(CCCCl)c1. The van der Waals surface area contributed by atoms with Gasteiger partial charge in [0.05, 0.1) is 0 Å². The number of carboxylic acid groups (broad SMARTS) is 1. The van der Waals surface area contributed by atoms with E-state index in [2.05, 4.69) is 15.9 Å². The third-order valence-electron chi connectivity index (χ3n) is 2.20. The highest BCUT2D eigenvalue weighted by molar-refractivity contribution is 9.10. The lowest BCUT2D eigenvalue weighted by molar-refractivity contribution is -0.146. The van der Waals surface area contributed by atoms with Crippen molar-refractivity contribution in [2.24, 2.45) is 0 Å². The van der Waals surface area contributed by atoms with Crippen LogP contribution in [0.15, 0.2) is 22.7 Å². The molecule has 1 aromatic rings. The van der Waals surface area contributed by atoms with Crippen LogP contribution in [0.3, 0.4) is 0 Å². The molecule has 1 unspecified atom stereocenters. The summed E-state index contributed by atoms with van der Waals surface area (Å²) in [5.74, 6) is -0.691. The molecule has 0 fully saturated rings. The third-order valence-corrected chi connectivity index (χ3v) is 3.24. The lowest BCUT2D eigenvalue weighted by Crippen LogP contribution is -2.10. The van der Waals surface area contributed by atoms with Crippen molar-refractivity contribution in [1.82, 2.24) is 0 Å². The van der Waals surface area contributed by atoms with Crippen LogP contribution in [0.25, 0.3) is 0 Å². The van der Waals surface area contributed by atoms with Gasteiger partial charge in [-0.1, -0.05) is 28.1 Å². The van der Waals surface area contributed by atoms with E-state index in [0.717, 1.165) is 22.9 Å². The Morgan fingerprint density at radius 1 is 1.50 bits per heavy atom. The van der Waals surface area contributed by atoms with Gasteiger partial charge in [0.15, 0.2) is 6.10 Å². The van der Waals surface area contributed by atoms with Crippen LogP contribution >= 0.6 is 27.5 Å². The predicted molar refractivity (Wildman–Crippen MR) is 65.8 cm³/mol. The number of rotatable bonds is 5. The number of hydrogen-bond donors (Lipinski definition) is 2. The molecule has 5 heteroatoms. The Bertz CT molecular complexity index is 381. The Morgan fingerprint density at radius 2 is 2.19 bits per heavy atom. The molecular formula is C11H12BrClO3. The highest BCUT2D eigenvalue weighted by atomic mass is 79.9. The van der Waals surface area contributed by atoms with Crippen molar-refractivity contribution in [2.45, 2.75) is 18.9 Å². The fourth-order valence-corrected chi connectivity index (χ4v) is 1.93. The van der Waals surface area contributed by atoms with Crippen molar-refractivity contribution in [3.8, 4) is 0 Å². The van der Waals surface area contributed by atoms with Crippen LogP contribution in [0.2, 0.25) is 0 Å². The van der Waals surface area contributed by atoms with Crippen LogP contribution in [0.4, 0.5) is 0 Å². The smallest absolute Gasteiger partial charge is 0.337 e. The van der Waals surface area contributed by atoms with Gasteiger partial charge < -0.3 is 10.2 Å². The normalized spacial score (nSPS) is 12.4. The summed E-state index contributed by atoms with van der Waals surface area (Å²) in [7, 11) is 0. The lowest BCUT2D eigenvalue weighted by Gasteiger charge is -2.09. The second-order valence-corrected chi connectivity index (χ2v) is 4.62. The molecule has 1 aromatic carbocycles. The molecular weight excluding hydrogens is 295 g/mol. The van der Waals surface area contributed by atoms with E-state index in [-0.39, 0.29) is 0 Å². The van der Waals surface area contributed by atoms with Gasteiger partial charge in [-0.15, -0.1) is 11.6 Å². The summed E-state index contributed by atoms with van der Waals surface area (Å²) in [4.78, 5) is 10.6. The molecule has 0 bridgehead atoms. The largest absolute Gasteiger partial charge is 0.479 e. The summed E-state index contributed by atoms with van der Waals surface area (Å²) < 4.78 is 0.902. The van der Waals surface area contributed by atoms with Gasteiger partial charge in [0.25, 0.3) is 0 Å². The molecule has 0 aliphatic rings. The Morgan fingerprint density at radius 3 is 2.75 bits per heavy atom. The van der Waals surface area contributed by atoms with E-state index < -0.39 is 12.1 Å². The summed E-state index contributed by atoms with van der Waals surface area (Å²) in [5.41, 5.74) is 1.35. The first-order valence-electron chi connectivity index (χ1n) is 4.81. The van der Waals surface area contributed by atoms with Gasteiger partial charge in [-0.25, -0.2) is 4.79 Å². The van der Waals surface area contributed by atoms with Crippen LogP contribution in [0.5, 0.6) is 0 Å². The van der Waals surface area contributed by atoms with Gasteiger partial charge in [0.1, 0.15) is 0 Å². The van der Waals surface area contributed by atoms with E-state index in [1.807, 2.05) is 0 Å². The summed E-state index contributed by atoms with van der Waals surface area (Å²) >= 11 is 8.97. The highest BCUT2D eigenvalue weighted by Gasteiger charge is 2.16. The number of aliphatic hydroxyl groups is 1. The fraction of sp³-hybridized carbons (Fsp3) is 0.364. The molecule has 2 N–H and O–H groups in total. The minimum atomic E-state index is -1.47. The van der Waals surface area contributed by atoms with Crippen LogP contribution in [-0.4, -0.2) is 22.1 Å². The van der Waals surface area contributed by atoms with Crippen LogP contribution in [0.1, 0.15) is 23.7 Å². The lowest BCUT2D eigenvalue weighted by atomic mass is 10.0. The van der Waals surface area contributed by atoms with Crippen molar-refractivity contribution in [1.29, 1.82) is 0 Å². The van der Waals surface area contributed by atoms with E-state index in [1.165, 1.54) is 0 Å². The van der Waals surface area contributed by atoms with Gasteiger partial charge in [0, 0.05) is 10.4 Å². The number of aryl methyl sites for hydroxylation is 1. The van der Waals surface area contributed by atoms with E-state index in [9.17, 15) is 9.90 Å². The molecule has 0 aromatic heterocycles. The molecule has 0 amide bonds. The van der Waals surface area contributed by atoms with Crippen molar-refractivity contribution in [3.05, 3.63) is 33.8 Å². The van der Waals surface area contributed by atoms with Crippen molar-refractivity contribution >= 4 is 33.5 Å². The molecule has 88 valence electrons. The summed E-state index contributed by atoms with van der Waals surface area (Å²) in [6.07, 6.45) is 0.0969. The molecule has 0 heterocycles. The molecule has 0 saturated carbocycles. The topological polar surface area (TPSA) is 57.5 Å². The quantitative estimate of drug-likeness (QED) is 0.822. The van der Waals surface area contributed by atoms with Gasteiger partial charge in [0.2, 0.25) is 0 Å². The molecule has 1 atom stereocenters. The number of alkyl halides is 1. The van der Waals surface area contributed by atoms with Crippen LogP contribution in [0, 0.1) is 0 Å². The maximum atomic E-state index is 10.6. The second kappa shape index (κ2) is 6.23. The van der Waals surface area contributed by atoms with Gasteiger partial charge in [-0.2, -0.15) is 0 Å². The zero-order valence-electron chi connectivity index (χ0n) is 8.49. The number of carboxylic acids is 1. The monoisotopic (exact) mass is 306 g/mol. The maximum absolute atomic E-state index is 10.6. The average molecular weight is 308 g/mol. The first-order chi connectivity index (χ1) is 7.56. The Kier molecular flexibility index (Phi) is 5.25. The third kappa shape index (κ3) is 3.47. The zero-order chi connectivity index (χ0) is 12.1. The maximum Gasteiger partial charge on any atom is 0.337 e. The molecule has 0 aliphatic carbocycles. The van der Waals surface area contributed by atoms with E-state index in [1.54, 1.807) is 18.2 Å². The Labute approximate surface area is 107 Å². The minimum absolute atomic E-state index is 0.389. The number of benzene rings is 1. The number of halogens is 2. The standard InChI is InChI=1S/C11H12BrClO3/c12-9-4-3-8(10(14)11(15)16)6-7(9)2-1-5-13/h3-4,6,10,14H,1-2,5H2,(H,15,16). The van der Waals surface area contributed by atoms with Gasteiger partial charge in [-0.05, 0) is 30.0 Å². The Balaban J connectivity index is 2.92. The molecule has 0 radical (unpaired) electrons. The fourth-order valence-electron chi connectivity index (χ4n) is 1.36. The number of hydrogen-bond acceptors (Lipinski definition) is 2. The average Bonchev–Trinajstić information content (AvgIpc) is 2.27. The van der Waals surface area contributed by atoms with Crippen molar-refractivity contribution in [2.75, 3.05) is 5.88 Å². The summed E-state index contributed by atoms with van der Waals surface area (Å²) in [6, 6.07) is 5.02. The molecule has 3 nitrogen and oxygen atoms in total. The number of aliphatic hydroxyl groups excluding tert-OH is 1. The minimum Gasteiger partial charge on any atom is -0.479 e. The molecule has 0 saturated heterocycles. The summed E-state index contributed by atoms with van der Waals surface area (Å²) in [5, 5.41) is 18.1. The predicted octanol–water partition coefficient (Wildman–Crippen LogP) is 2.74. The van der Waals surface area contributed by atoms with E-state index in [0.29, 0.717) is 11.4 Å². The second-order valence-electron chi connectivity index (χ2n) is 3.38. The number of carbonyl (C=O) groups is 1. The van der Waals surface area contributed by atoms with Gasteiger partial charge >= 0.3 is 5.97 Å². The van der Waals surface area contributed by atoms with E-state index >= 15 is 0 Å². The highest BCUT2D eigenvalue weighted by Crippen LogP contribution is 2.23. The van der Waals surface area contributed by atoms with Crippen LogP contribution < -0.4 is 0 Å². The zero-order valence-corrected chi connectivity index (χ0v) is 10.8. The van der Waals surface area contributed by atoms with Crippen molar-refractivity contribution in [3.63, 3.8) is 0 Å². The first kappa shape index (κ1) is 13.5. The first-order valence-corrected chi connectivity index (χ1v) is 6.14.